The quantitative estimate of drug-likeness (QED) is 0.597. The van der Waals surface area contributed by atoms with Crippen LogP contribution in [0.1, 0.15) is 26.3 Å². The van der Waals surface area contributed by atoms with Gasteiger partial charge >= 0.3 is 0 Å². The topological polar surface area (TPSA) is 67.4 Å². The Labute approximate surface area is 172 Å². The molecule has 0 atom stereocenters. The lowest BCUT2D eigenvalue weighted by atomic mass is 10.2. The fourth-order valence-electron chi connectivity index (χ4n) is 2.37. The van der Waals surface area contributed by atoms with Crippen LogP contribution in [0.15, 0.2) is 72.8 Å². The number of benzene rings is 3. The third-order valence-corrected chi connectivity index (χ3v) is 4.39. The van der Waals surface area contributed by atoms with Crippen molar-refractivity contribution < 1.29 is 14.3 Å². The second kappa shape index (κ2) is 9.26. The van der Waals surface area contributed by atoms with Gasteiger partial charge in [0.2, 0.25) is 0 Å². The average molecular weight is 415 g/mol. The van der Waals surface area contributed by atoms with Gasteiger partial charge in [-0.05, 0) is 48.0 Å². The van der Waals surface area contributed by atoms with Gasteiger partial charge in [-0.15, -0.1) is 0 Å². The molecule has 0 aliphatic rings. The van der Waals surface area contributed by atoms with Crippen molar-refractivity contribution >= 4 is 35.0 Å². The zero-order chi connectivity index (χ0) is 19.9. The summed E-state index contributed by atoms with van der Waals surface area (Å²) in [6, 6.07) is 20.8. The lowest BCUT2D eigenvalue weighted by molar-refractivity contribution is 0.0846. The van der Waals surface area contributed by atoms with Crippen LogP contribution in [0, 0.1) is 0 Å². The summed E-state index contributed by atoms with van der Waals surface area (Å²) in [5.41, 5.74) is 6.23. The Morgan fingerprint density at radius 1 is 0.821 bits per heavy atom. The Morgan fingerprint density at radius 2 is 1.50 bits per heavy atom. The van der Waals surface area contributed by atoms with Crippen LogP contribution in [0.25, 0.3) is 0 Å². The first-order valence-electron chi connectivity index (χ1n) is 8.35. The molecular formula is C21H16Cl2N2O3. The molecule has 0 aliphatic heterocycles. The van der Waals surface area contributed by atoms with Crippen molar-refractivity contribution in [1.82, 2.24) is 10.9 Å². The summed E-state index contributed by atoms with van der Waals surface area (Å²) in [6.07, 6.45) is 0. The molecular weight excluding hydrogens is 399 g/mol. The maximum atomic E-state index is 12.2. The van der Waals surface area contributed by atoms with Gasteiger partial charge in [0, 0.05) is 10.6 Å². The van der Waals surface area contributed by atoms with Gasteiger partial charge < -0.3 is 4.74 Å². The van der Waals surface area contributed by atoms with Crippen LogP contribution in [-0.4, -0.2) is 11.8 Å². The van der Waals surface area contributed by atoms with E-state index in [-0.39, 0.29) is 10.6 Å². The summed E-state index contributed by atoms with van der Waals surface area (Å²) in [5, 5.41) is 0.600. The summed E-state index contributed by atoms with van der Waals surface area (Å²) < 4.78 is 5.68. The molecule has 0 saturated carbocycles. The number of ether oxygens (including phenoxy) is 1. The van der Waals surface area contributed by atoms with Crippen molar-refractivity contribution in [1.29, 1.82) is 0 Å². The number of hydrogen-bond acceptors (Lipinski definition) is 3. The predicted molar refractivity (Wildman–Crippen MR) is 109 cm³/mol. The van der Waals surface area contributed by atoms with E-state index in [4.69, 9.17) is 27.9 Å². The maximum Gasteiger partial charge on any atom is 0.271 e. The first kappa shape index (κ1) is 19.7. The Bertz CT molecular complexity index is 977. The second-order valence-electron chi connectivity index (χ2n) is 5.83. The molecule has 0 radical (unpaired) electrons. The van der Waals surface area contributed by atoms with Crippen LogP contribution in [0.3, 0.4) is 0 Å². The molecule has 0 heterocycles. The minimum atomic E-state index is -0.566. The number of halogens is 2. The molecule has 0 saturated heterocycles. The number of rotatable bonds is 5. The molecule has 0 spiro atoms. The van der Waals surface area contributed by atoms with Crippen LogP contribution >= 0.6 is 23.2 Å². The van der Waals surface area contributed by atoms with Gasteiger partial charge in [0.15, 0.2) is 0 Å². The van der Waals surface area contributed by atoms with Crippen molar-refractivity contribution in [2.75, 3.05) is 0 Å². The average Bonchev–Trinajstić information content (AvgIpc) is 2.73. The van der Waals surface area contributed by atoms with Gasteiger partial charge in [-0.3, -0.25) is 20.4 Å². The molecule has 2 amide bonds. The molecule has 28 heavy (non-hydrogen) atoms. The second-order valence-corrected chi connectivity index (χ2v) is 6.67. The molecule has 3 aromatic carbocycles. The number of amides is 2. The number of carbonyl (C=O) groups excluding carboxylic acids is 2. The minimum absolute atomic E-state index is 0.166. The van der Waals surface area contributed by atoms with Crippen molar-refractivity contribution in [2.45, 2.75) is 6.61 Å². The van der Waals surface area contributed by atoms with Crippen molar-refractivity contribution in [3.63, 3.8) is 0 Å². The van der Waals surface area contributed by atoms with E-state index in [0.29, 0.717) is 22.9 Å². The van der Waals surface area contributed by atoms with E-state index in [1.54, 1.807) is 30.3 Å². The molecule has 5 nitrogen and oxygen atoms in total. The molecule has 0 fully saturated rings. The van der Waals surface area contributed by atoms with Gasteiger partial charge in [-0.25, -0.2) is 0 Å². The van der Waals surface area contributed by atoms with E-state index < -0.39 is 11.8 Å². The molecule has 0 unspecified atom stereocenters. The fourth-order valence-corrected chi connectivity index (χ4v) is 2.74. The van der Waals surface area contributed by atoms with E-state index in [9.17, 15) is 9.59 Å². The number of carbonyl (C=O) groups is 2. The summed E-state index contributed by atoms with van der Waals surface area (Å²) >= 11 is 11.8. The Balaban J connectivity index is 1.54. The van der Waals surface area contributed by atoms with Gasteiger partial charge in [-0.1, -0.05) is 53.5 Å². The highest BCUT2D eigenvalue weighted by atomic mass is 35.5. The first-order valence-corrected chi connectivity index (χ1v) is 9.11. The van der Waals surface area contributed by atoms with Gasteiger partial charge in [-0.2, -0.15) is 0 Å². The predicted octanol–water partition coefficient (Wildman–Crippen LogP) is 4.65. The molecule has 2 N–H and O–H groups in total. The molecule has 0 bridgehead atoms. The highest BCUT2D eigenvalue weighted by Crippen LogP contribution is 2.20. The maximum absolute atomic E-state index is 12.2. The number of nitrogens with one attached hydrogen (secondary N) is 2. The van der Waals surface area contributed by atoms with Crippen LogP contribution in [0.4, 0.5) is 0 Å². The number of hydrogen-bond donors (Lipinski definition) is 2. The lowest BCUT2D eigenvalue weighted by Gasteiger charge is -2.10. The van der Waals surface area contributed by atoms with Gasteiger partial charge in [0.1, 0.15) is 12.4 Å². The van der Waals surface area contributed by atoms with Crippen LogP contribution in [0.2, 0.25) is 10.0 Å². The minimum Gasteiger partial charge on any atom is -0.489 e. The monoisotopic (exact) mass is 414 g/mol. The van der Waals surface area contributed by atoms with Gasteiger partial charge in [0.05, 0.1) is 10.6 Å². The zero-order valence-electron chi connectivity index (χ0n) is 14.6. The highest BCUT2D eigenvalue weighted by molar-refractivity contribution is 6.35. The molecule has 3 aromatic rings. The van der Waals surface area contributed by atoms with Crippen molar-refractivity contribution in [3.05, 3.63) is 99.5 Å². The third kappa shape index (κ3) is 5.25. The van der Waals surface area contributed by atoms with Crippen LogP contribution < -0.4 is 15.6 Å². The third-order valence-electron chi connectivity index (χ3n) is 3.83. The molecule has 142 valence electrons. The fraction of sp³-hybridized carbons (Fsp3) is 0.0476. The number of hydrazine groups is 1. The van der Waals surface area contributed by atoms with E-state index in [1.165, 1.54) is 12.1 Å². The largest absolute Gasteiger partial charge is 0.489 e. The van der Waals surface area contributed by atoms with E-state index >= 15 is 0 Å². The SMILES string of the molecule is O=C(NNC(=O)c1cc(Cl)ccc1Cl)c1ccc(OCc2ccccc2)cc1. The van der Waals surface area contributed by atoms with Gasteiger partial charge in [0.25, 0.3) is 11.8 Å². The Hall–Kier alpha value is -3.02. The normalized spacial score (nSPS) is 10.2. The standard InChI is InChI=1S/C21H16Cl2N2O3/c22-16-8-11-19(23)18(12-16)21(27)25-24-20(26)15-6-9-17(10-7-15)28-13-14-4-2-1-3-5-14/h1-12H,13H2,(H,24,26)(H,25,27). The Morgan fingerprint density at radius 3 is 2.21 bits per heavy atom. The van der Waals surface area contributed by atoms with E-state index in [0.717, 1.165) is 5.56 Å². The smallest absolute Gasteiger partial charge is 0.271 e. The van der Waals surface area contributed by atoms with Crippen LogP contribution in [0.5, 0.6) is 5.75 Å². The highest BCUT2D eigenvalue weighted by Gasteiger charge is 2.13. The molecule has 7 heteroatoms. The van der Waals surface area contributed by atoms with Crippen molar-refractivity contribution in [2.24, 2.45) is 0 Å². The molecule has 0 aliphatic carbocycles. The molecule has 0 aromatic heterocycles. The Kier molecular flexibility index (Phi) is 6.53. The summed E-state index contributed by atoms with van der Waals surface area (Å²) in [6.45, 7) is 0.433. The van der Waals surface area contributed by atoms with Crippen LogP contribution in [-0.2, 0) is 6.61 Å². The van der Waals surface area contributed by atoms with E-state index in [1.807, 2.05) is 30.3 Å². The summed E-state index contributed by atoms with van der Waals surface area (Å²) in [7, 11) is 0. The summed E-state index contributed by atoms with van der Waals surface area (Å²) in [5.74, 6) is -0.403. The lowest BCUT2D eigenvalue weighted by Crippen LogP contribution is -2.41. The molecule has 3 rings (SSSR count). The first-order chi connectivity index (χ1) is 13.5. The summed E-state index contributed by atoms with van der Waals surface area (Å²) in [4.78, 5) is 24.3. The van der Waals surface area contributed by atoms with E-state index in [2.05, 4.69) is 10.9 Å². The van der Waals surface area contributed by atoms with Crippen molar-refractivity contribution in [3.8, 4) is 5.75 Å². The zero-order valence-corrected chi connectivity index (χ0v) is 16.1.